The molecule has 1 aliphatic heterocycles. The van der Waals surface area contributed by atoms with Gasteiger partial charge < -0.3 is 10.1 Å². The summed E-state index contributed by atoms with van der Waals surface area (Å²) in [7, 11) is 0. The molecule has 1 aromatic heterocycles. The van der Waals surface area contributed by atoms with E-state index in [0.717, 1.165) is 6.54 Å². The molecule has 0 spiro atoms. The van der Waals surface area contributed by atoms with E-state index in [2.05, 4.69) is 10.3 Å². The second-order valence-electron chi connectivity index (χ2n) is 3.61. The van der Waals surface area contributed by atoms with Crippen LogP contribution in [0, 0.1) is 0 Å². The van der Waals surface area contributed by atoms with Crippen LogP contribution in [0.3, 0.4) is 0 Å². The summed E-state index contributed by atoms with van der Waals surface area (Å²) in [5.74, 6) is 0.0512. The SMILES string of the molecule is CC1OCCNC1C(=O)c1cccnc1. The molecule has 4 heteroatoms. The molecule has 2 unspecified atom stereocenters. The molecule has 4 nitrogen and oxygen atoms in total. The summed E-state index contributed by atoms with van der Waals surface area (Å²) in [4.78, 5) is 16.0. The number of aromatic nitrogens is 1. The van der Waals surface area contributed by atoms with Gasteiger partial charge in [-0.1, -0.05) is 0 Å². The number of hydrogen-bond acceptors (Lipinski definition) is 4. The van der Waals surface area contributed by atoms with Crippen molar-refractivity contribution in [1.82, 2.24) is 10.3 Å². The molecule has 2 rings (SSSR count). The van der Waals surface area contributed by atoms with Crippen LogP contribution in [-0.4, -0.2) is 36.1 Å². The second-order valence-corrected chi connectivity index (χ2v) is 3.61. The Labute approximate surface area is 88.7 Å². The van der Waals surface area contributed by atoms with Gasteiger partial charge in [-0.2, -0.15) is 0 Å². The predicted molar refractivity (Wildman–Crippen MR) is 55.8 cm³/mol. The van der Waals surface area contributed by atoms with Crippen molar-refractivity contribution in [2.45, 2.75) is 19.1 Å². The molecular formula is C11H14N2O2. The number of carbonyl (C=O) groups is 1. The molecular weight excluding hydrogens is 192 g/mol. The van der Waals surface area contributed by atoms with Gasteiger partial charge in [0.15, 0.2) is 5.78 Å². The van der Waals surface area contributed by atoms with Crippen LogP contribution in [-0.2, 0) is 4.74 Å². The maximum Gasteiger partial charge on any atom is 0.183 e. The van der Waals surface area contributed by atoms with E-state index in [0.29, 0.717) is 12.2 Å². The number of Topliss-reactive ketones (excluding diaryl/α,β-unsaturated/α-hetero) is 1. The molecule has 1 aromatic rings. The first-order valence-electron chi connectivity index (χ1n) is 5.08. The molecule has 2 heterocycles. The quantitative estimate of drug-likeness (QED) is 0.721. The zero-order chi connectivity index (χ0) is 10.7. The number of nitrogens with one attached hydrogen (secondary N) is 1. The van der Waals surface area contributed by atoms with Crippen molar-refractivity contribution in [1.29, 1.82) is 0 Å². The van der Waals surface area contributed by atoms with Crippen LogP contribution in [0.1, 0.15) is 17.3 Å². The Hall–Kier alpha value is -1.26. The topological polar surface area (TPSA) is 51.2 Å². The fraction of sp³-hybridized carbons (Fsp3) is 0.455. The van der Waals surface area contributed by atoms with Gasteiger partial charge in [0.25, 0.3) is 0 Å². The van der Waals surface area contributed by atoms with Crippen LogP contribution in [0.25, 0.3) is 0 Å². The van der Waals surface area contributed by atoms with Gasteiger partial charge in [-0.25, -0.2) is 0 Å². The van der Waals surface area contributed by atoms with Crippen molar-refractivity contribution >= 4 is 5.78 Å². The normalized spacial score (nSPS) is 26.2. The monoisotopic (exact) mass is 206 g/mol. The lowest BCUT2D eigenvalue weighted by Gasteiger charge is -2.29. The van der Waals surface area contributed by atoms with E-state index in [1.165, 1.54) is 0 Å². The third-order valence-electron chi connectivity index (χ3n) is 2.54. The summed E-state index contributed by atoms with van der Waals surface area (Å²) >= 11 is 0. The first-order valence-corrected chi connectivity index (χ1v) is 5.08. The van der Waals surface area contributed by atoms with Crippen LogP contribution in [0.2, 0.25) is 0 Å². The van der Waals surface area contributed by atoms with Crippen molar-refractivity contribution in [2.75, 3.05) is 13.2 Å². The lowest BCUT2D eigenvalue weighted by atomic mass is 10.0. The number of rotatable bonds is 2. The smallest absolute Gasteiger partial charge is 0.183 e. The highest BCUT2D eigenvalue weighted by atomic mass is 16.5. The summed E-state index contributed by atoms with van der Waals surface area (Å²) < 4.78 is 5.43. The summed E-state index contributed by atoms with van der Waals surface area (Å²) in [6.07, 6.45) is 3.17. The molecule has 0 bridgehead atoms. The Morgan fingerprint density at radius 2 is 2.53 bits per heavy atom. The first-order chi connectivity index (χ1) is 7.29. The Morgan fingerprint density at radius 1 is 1.67 bits per heavy atom. The van der Waals surface area contributed by atoms with E-state index in [4.69, 9.17) is 4.74 Å². The standard InChI is InChI=1S/C11H14N2O2/c1-8-10(13-5-6-15-8)11(14)9-3-2-4-12-7-9/h2-4,7-8,10,13H,5-6H2,1H3. The highest BCUT2D eigenvalue weighted by molar-refractivity contribution is 6.00. The Balaban J connectivity index is 2.13. The van der Waals surface area contributed by atoms with Crippen LogP contribution < -0.4 is 5.32 Å². The molecule has 1 aliphatic rings. The second kappa shape index (κ2) is 4.51. The number of pyridine rings is 1. The zero-order valence-electron chi connectivity index (χ0n) is 8.64. The first kappa shape index (κ1) is 10.3. The van der Waals surface area contributed by atoms with E-state index in [1.54, 1.807) is 24.5 Å². The number of carbonyl (C=O) groups excluding carboxylic acids is 1. The molecule has 0 saturated carbocycles. The number of morpholine rings is 1. The van der Waals surface area contributed by atoms with Gasteiger partial charge in [-0.15, -0.1) is 0 Å². The fourth-order valence-corrected chi connectivity index (χ4v) is 1.72. The van der Waals surface area contributed by atoms with Crippen molar-refractivity contribution in [2.24, 2.45) is 0 Å². The van der Waals surface area contributed by atoms with E-state index in [1.807, 2.05) is 6.92 Å². The van der Waals surface area contributed by atoms with Gasteiger partial charge in [0.1, 0.15) is 0 Å². The van der Waals surface area contributed by atoms with Crippen molar-refractivity contribution in [3.8, 4) is 0 Å². The van der Waals surface area contributed by atoms with Gasteiger partial charge in [-0.05, 0) is 19.1 Å². The molecule has 15 heavy (non-hydrogen) atoms. The molecule has 0 amide bonds. The van der Waals surface area contributed by atoms with Crippen LogP contribution in [0.15, 0.2) is 24.5 Å². The van der Waals surface area contributed by atoms with Crippen molar-refractivity contribution in [3.63, 3.8) is 0 Å². The lowest BCUT2D eigenvalue weighted by Crippen LogP contribution is -2.51. The van der Waals surface area contributed by atoms with Gasteiger partial charge in [0, 0.05) is 24.5 Å². The molecule has 0 radical (unpaired) electrons. The molecule has 80 valence electrons. The van der Waals surface area contributed by atoms with Gasteiger partial charge >= 0.3 is 0 Å². The van der Waals surface area contributed by atoms with Gasteiger partial charge in [-0.3, -0.25) is 9.78 Å². The van der Waals surface area contributed by atoms with E-state index < -0.39 is 0 Å². The minimum Gasteiger partial charge on any atom is -0.375 e. The molecule has 1 fully saturated rings. The number of hydrogen-bond donors (Lipinski definition) is 1. The molecule has 0 aromatic carbocycles. The molecule has 1 N–H and O–H groups in total. The number of ether oxygens (including phenoxy) is 1. The Morgan fingerprint density at radius 3 is 3.20 bits per heavy atom. The zero-order valence-corrected chi connectivity index (χ0v) is 8.64. The molecule has 2 atom stereocenters. The van der Waals surface area contributed by atoms with Gasteiger partial charge in [0.05, 0.1) is 18.8 Å². The molecule has 0 aliphatic carbocycles. The maximum atomic E-state index is 12.0. The predicted octanol–water partition coefficient (Wildman–Crippen LogP) is 0.641. The van der Waals surface area contributed by atoms with Crippen molar-refractivity contribution in [3.05, 3.63) is 30.1 Å². The fourth-order valence-electron chi connectivity index (χ4n) is 1.72. The Kier molecular flexibility index (Phi) is 3.08. The van der Waals surface area contributed by atoms with E-state index >= 15 is 0 Å². The van der Waals surface area contributed by atoms with Gasteiger partial charge in [0.2, 0.25) is 0 Å². The third-order valence-corrected chi connectivity index (χ3v) is 2.54. The maximum absolute atomic E-state index is 12.0. The average molecular weight is 206 g/mol. The summed E-state index contributed by atoms with van der Waals surface area (Å²) in [5.41, 5.74) is 0.632. The summed E-state index contributed by atoms with van der Waals surface area (Å²) in [5, 5.41) is 3.16. The average Bonchev–Trinajstić information content (AvgIpc) is 2.30. The van der Waals surface area contributed by atoms with Crippen LogP contribution in [0.4, 0.5) is 0 Å². The highest BCUT2D eigenvalue weighted by Gasteiger charge is 2.28. The third kappa shape index (κ3) is 2.22. The Bertz CT molecular complexity index is 340. The highest BCUT2D eigenvalue weighted by Crippen LogP contribution is 2.10. The lowest BCUT2D eigenvalue weighted by molar-refractivity contribution is 0.0111. The van der Waals surface area contributed by atoms with E-state index in [-0.39, 0.29) is 17.9 Å². The summed E-state index contributed by atoms with van der Waals surface area (Å²) in [6, 6.07) is 3.29. The number of ketones is 1. The minimum atomic E-state index is -0.247. The largest absolute Gasteiger partial charge is 0.375 e. The summed E-state index contributed by atoms with van der Waals surface area (Å²) in [6.45, 7) is 3.30. The molecule has 1 saturated heterocycles. The van der Waals surface area contributed by atoms with E-state index in [9.17, 15) is 4.79 Å². The van der Waals surface area contributed by atoms with Crippen molar-refractivity contribution < 1.29 is 9.53 Å². The number of nitrogens with zero attached hydrogens (tertiary/aromatic N) is 1. The van der Waals surface area contributed by atoms with Crippen LogP contribution in [0.5, 0.6) is 0 Å². The van der Waals surface area contributed by atoms with Crippen LogP contribution >= 0.6 is 0 Å². The minimum absolute atomic E-state index is 0.0512.